The first-order chi connectivity index (χ1) is 19.0. The molecule has 0 aliphatic carbocycles. The quantitative estimate of drug-likeness (QED) is 0.180. The number of nitriles is 1. The molecular formula is C35H25N2O+. The molecule has 0 unspecified atom stereocenters. The Morgan fingerprint density at radius 2 is 1.45 bits per heavy atom. The first kappa shape index (κ1) is 21.2. The zero-order valence-electron chi connectivity index (χ0n) is 22.5. The molecule has 0 N–H and O–H groups in total. The van der Waals surface area contributed by atoms with Crippen molar-refractivity contribution in [3.05, 3.63) is 114 Å². The molecule has 0 amide bonds. The predicted molar refractivity (Wildman–Crippen MR) is 155 cm³/mol. The van der Waals surface area contributed by atoms with E-state index in [4.69, 9.17) is 4.42 Å². The predicted octanol–water partition coefficient (Wildman–Crippen LogP) is 8.54. The minimum absolute atomic E-state index is 0.402. The van der Waals surface area contributed by atoms with Gasteiger partial charge in [-0.2, -0.15) is 5.26 Å². The van der Waals surface area contributed by atoms with Crippen LogP contribution < -0.4 is 4.57 Å². The summed E-state index contributed by atoms with van der Waals surface area (Å²) in [6.07, 6.45) is 2.03. The standard InChI is InChI=1S/C35H25N2O/c1-21-15-16-27-29-18-22(2)30(20-36)33(35(29)38-34(27)32(21)31-14-8-9-17-37(31)3)28-19-23-10-4-5-11-24(23)25-12-6-7-13-26(25)28/h4-19H,1-3H3/q+1/i19D. The van der Waals surface area contributed by atoms with E-state index in [0.717, 1.165) is 65.8 Å². The molecule has 0 aliphatic heterocycles. The van der Waals surface area contributed by atoms with Gasteiger partial charge in [-0.25, -0.2) is 4.57 Å². The maximum Gasteiger partial charge on any atom is 0.216 e. The van der Waals surface area contributed by atoms with Gasteiger partial charge in [0.2, 0.25) is 5.69 Å². The fraction of sp³-hybridized carbons (Fsp3) is 0.0857. The van der Waals surface area contributed by atoms with Gasteiger partial charge in [0, 0.05) is 28.5 Å². The number of rotatable bonds is 2. The summed E-state index contributed by atoms with van der Waals surface area (Å²) in [5.41, 5.74) is 7.46. The Morgan fingerprint density at radius 1 is 0.737 bits per heavy atom. The van der Waals surface area contributed by atoms with Crippen molar-refractivity contribution in [3.8, 4) is 28.5 Å². The summed E-state index contributed by atoms with van der Waals surface area (Å²) in [6.45, 7) is 4.07. The summed E-state index contributed by atoms with van der Waals surface area (Å²) >= 11 is 0. The minimum Gasteiger partial charge on any atom is -0.454 e. The van der Waals surface area contributed by atoms with E-state index >= 15 is 0 Å². The number of aromatic nitrogens is 1. The Balaban J connectivity index is 1.71. The Morgan fingerprint density at radius 3 is 2.24 bits per heavy atom. The molecule has 38 heavy (non-hydrogen) atoms. The van der Waals surface area contributed by atoms with E-state index in [-0.39, 0.29) is 0 Å². The van der Waals surface area contributed by atoms with Gasteiger partial charge in [0.15, 0.2) is 6.20 Å². The summed E-state index contributed by atoms with van der Waals surface area (Å²) in [4.78, 5) is 0. The summed E-state index contributed by atoms with van der Waals surface area (Å²) in [6, 6.07) is 31.5. The molecule has 0 saturated heterocycles. The highest BCUT2D eigenvalue weighted by Gasteiger charge is 2.25. The second-order valence-corrected chi connectivity index (χ2v) is 9.96. The molecule has 0 bridgehead atoms. The molecule has 0 aliphatic rings. The van der Waals surface area contributed by atoms with Gasteiger partial charge in [-0.3, -0.25) is 0 Å². The molecule has 5 aromatic carbocycles. The minimum atomic E-state index is 0.402. The number of nitrogens with zero attached hydrogens (tertiary/aromatic N) is 2. The molecule has 7 aromatic rings. The number of hydrogen-bond acceptors (Lipinski definition) is 2. The second-order valence-electron chi connectivity index (χ2n) is 9.96. The molecule has 0 radical (unpaired) electrons. The number of pyridine rings is 1. The van der Waals surface area contributed by atoms with Crippen LogP contribution in [0.1, 0.15) is 18.1 Å². The highest BCUT2D eigenvalue weighted by molar-refractivity contribution is 6.19. The van der Waals surface area contributed by atoms with Crippen molar-refractivity contribution in [1.29, 1.82) is 5.26 Å². The average molecular weight is 491 g/mol. The maximum atomic E-state index is 10.4. The van der Waals surface area contributed by atoms with Crippen molar-refractivity contribution < 1.29 is 10.4 Å². The van der Waals surface area contributed by atoms with Crippen molar-refractivity contribution in [2.45, 2.75) is 13.8 Å². The Hall–Kier alpha value is -4.94. The largest absolute Gasteiger partial charge is 0.454 e. The fourth-order valence-electron chi connectivity index (χ4n) is 5.85. The molecule has 3 nitrogen and oxygen atoms in total. The van der Waals surface area contributed by atoms with Crippen molar-refractivity contribution in [3.63, 3.8) is 0 Å². The van der Waals surface area contributed by atoms with Gasteiger partial charge in [-0.05, 0) is 70.3 Å². The molecule has 0 atom stereocenters. The van der Waals surface area contributed by atoms with Gasteiger partial charge in [0.25, 0.3) is 0 Å². The molecule has 180 valence electrons. The fourth-order valence-corrected chi connectivity index (χ4v) is 5.85. The van der Waals surface area contributed by atoms with Crippen LogP contribution in [0.5, 0.6) is 0 Å². The van der Waals surface area contributed by atoms with Crippen LogP contribution in [0.25, 0.3) is 65.9 Å². The highest BCUT2D eigenvalue weighted by atomic mass is 16.3. The van der Waals surface area contributed by atoms with Crippen LogP contribution in [-0.2, 0) is 7.05 Å². The molecule has 0 saturated carbocycles. The average Bonchev–Trinajstić information content (AvgIpc) is 3.31. The maximum absolute atomic E-state index is 10.4. The van der Waals surface area contributed by atoms with Crippen LogP contribution in [0.4, 0.5) is 0 Å². The van der Waals surface area contributed by atoms with Crippen LogP contribution in [0.2, 0.25) is 0 Å². The summed E-state index contributed by atoms with van der Waals surface area (Å²) in [5, 5.41) is 16.3. The van der Waals surface area contributed by atoms with E-state index in [1.54, 1.807) is 0 Å². The zero-order valence-corrected chi connectivity index (χ0v) is 21.5. The third kappa shape index (κ3) is 3.11. The van der Waals surface area contributed by atoms with Crippen molar-refractivity contribution in [1.82, 2.24) is 0 Å². The lowest BCUT2D eigenvalue weighted by Crippen LogP contribution is -2.30. The molecule has 3 heteroatoms. The number of aryl methyl sites for hydroxylation is 3. The van der Waals surface area contributed by atoms with Crippen LogP contribution in [0.15, 0.2) is 102 Å². The summed E-state index contributed by atoms with van der Waals surface area (Å²) < 4.78 is 18.3. The lowest BCUT2D eigenvalue weighted by molar-refractivity contribution is -0.660. The van der Waals surface area contributed by atoms with E-state index in [2.05, 4.69) is 54.0 Å². The van der Waals surface area contributed by atoms with Crippen LogP contribution in [0, 0.1) is 25.2 Å². The number of hydrogen-bond donors (Lipinski definition) is 0. The molecular weight excluding hydrogens is 464 g/mol. The topological polar surface area (TPSA) is 40.8 Å². The van der Waals surface area contributed by atoms with Crippen molar-refractivity contribution >= 4 is 43.5 Å². The van der Waals surface area contributed by atoms with Crippen molar-refractivity contribution in [2.24, 2.45) is 7.05 Å². The van der Waals surface area contributed by atoms with E-state index in [1.165, 1.54) is 0 Å². The van der Waals surface area contributed by atoms with E-state index in [1.807, 2.05) is 68.7 Å². The first-order valence-corrected chi connectivity index (χ1v) is 12.7. The third-order valence-corrected chi connectivity index (χ3v) is 7.68. The van der Waals surface area contributed by atoms with Gasteiger partial charge in [0.1, 0.15) is 24.3 Å². The highest BCUT2D eigenvalue weighted by Crippen LogP contribution is 2.45. The molecule has 2 aromatic heterocycles. The SMILES string of the molecule is [2H]c1c(-c2c(C#N)c(C)cc3c2oc2c(-c4cccc[n+]4C)c(C)ccc23)c2ccccc2c2ccccc12. The Kier molecular flexibility index (Phi) is 4.62. The smallest absolute Gasteiger partial charge is 0.216 e. The molecule has 0 fully saturated rings. The summed E-state index contributed by atoms with van der Waals surface area (Å²) in [5.74, 6) is 0. The summed E-state index contributed by atoms with van der Waals surface area (Å²) in [7, 11) is 2.03. The van der Waals surface area contributed by atoms with E-state index in [0.29, 0.717) is 22.8 Å². The van der Waals surface area contributed by atoms with Crippen molar-refractivity contribution in [2.75, 3.05) is 0 Å². The van der Waals surface area contributed by atoms with Gasteiger partial charge in [0.05, 0.1) is 12.5 Å². The molecule has 7 rings (SSSR count). The number of fused-ring (bicyclic) bond motifs is 6. The van der Waals surface area contributed by atoms with Crippen LogP contribution >= 0.6 is 0 Å². The van der Waals surface area contributed by atoms with Gasteiger partial charge >= 0.3 is 0 Å². The normalized spacial score (nSPS) is 11.9. The number of benzene rings is 5. The van der Waals surface area contributed by atoms with Gasteiger partial charge in [-0.1, -0.05) is 60.7 Å². The van der Waals surface area contributed by atoms with Gasteiger partial charge < -0.3 is 4.42 Å². The van der Waals surface area contributed by atoms with Crippen LogP contribution in [0.3, 0.4) is 0 Å². The molecule has 0 spiro atoms. The monoisotopic (exact) mass is 490 g/mol. The lowest BCUT2D eigenvalue weighted by Gasteiger charge is -2.14. The third-order valence-electron chi connectivity index (χ3n) is 7.68. The Bertz CT molecular complexity index is 2180. The lowest BCUT2D eigenvalue weighted by atomic mass is 9.88. The zero-order chi connectivity index (χ0) is 26.8. The number of furan rings is 1. The molecule has 2 heterocycles. The van der Waals surface area contributed by atoms with E-state index in [9.17, 15) is 6.63 Å². The Labute approximate surface area is 222 Å². The van der Waals surface area contributed by atoms with Gasteiger partial charge in [-0.15, -0.1) is 0 Å². The second kappa shape index (κ2) is 8.30. The van der Waals surface area contributed by atoms with E-state index < -0.39 is 0 Å². The first-order valence-electron chi connectivity index (χ1n) is 13.2. The van der Waals surface area contributed by atoms with Crippen LogP contribution in [-0.4, -0.2) is 0 Å².